The van der Waals surface area contributed by atoms with Gasteiger partial charge >= 0.3 is 0 Å². The maximum Gasteiger partial charge on any atom is 0.253 e. The minimum atomic E-state index is -0.273. The number of likely N-dealkylation sites (tertiary alicyclic amines) is 1. The van der Waals surface area contributed by atoms with Crippen molar-refractivity contribution < 1.29 is 9.18 Å². The highest BCUT2D eigenvalue weighted by Gasteiger charge is 2.24. The van der Waals surface area contributed by atoms with Crippen molar-refractivity contribution in [2.45, 2.75) is 19.3 Å². The molecule has 30 heavy (non-hydrogen) atoms. The van der Waals surface area contributed by atoms with Gasteiger partial charge in [0.2, 0.25) is 0 Å². The number of amides is 1. The summed E-state index contributed by atoms with van der Waals surface area (Å²) in [6, 6.07) is 11.8. The van der Waals surface area contributed by atoms with Crippen molar-refractivity contribution >= 4 is 11.4 Å². The molecule has 5 rings (SSSR count). The van der Waals surface area contributed by atoms with Gasteiger partial charge in [-0.05, 0) is 67.6 Å². The van der Waals surface area contributed by atoms with Crippen molar-refractivity contribution in [3.8, 4) is 5.69 Å². The molecule has 1 saturated heterocycles. The molecule has 3 aromatic heterocycles. The predicted octanol–water partition coefficient (Wildman–Crippen LogP) is 3.15. The molecule has 0 saturated carbocycles. The number of piperidine rings is 1. The molecule has 0 aliphatic carbocycles. The maximum absolute atomic E-state index is 13.1. The Morgan fingerprint density at radius 1 is 1.10 bits per heavy atom. The van der Waals surface area contributed by atoms with E-state index in [1.54, 1.807) is 27.5 Å². The summed E-state index contributed by atoms with van der Waals surface area (Å²) in [5.74, 6) is 0.259. The summed E-state index contributed by atoms with van der Waals surface area (Å²) >= 11 is 0. The summed E-state index contributed by atoms with van der Waals surface area (Å²) in [7, 11) is 0. The maximum atomic E-state index is 13.1. The first-order valence-corrected chi connectivity index (χ1v) is 10.1. The fraction of sp³-hybridized carbons (Fsp3) is 0.273. The predicted molar refractivity (Wildman–Crippen MR) is 109 cm³/mol. The van der Waals surface area contributed by atoms with Crippen LogP contribution in [0, 0.1) is 11.7 Å². The second-order valence-electron chi connectivity index (χ2n) is 7.69. The monoisotopic (exact) mass is 404 g/mol. The Morgan fingerprint density at radius 2 is 1.90 bits per heavy atom. The smallest absolute Gasteiger partial charge is 0.253 e. The molecular weight excluding hydrogens is 383 g/mol. The van der Waals surface area contributed by atoms with Crippen LogP contribution in [0.25, 0.3) is 11.2 Å². The summed E-state index contributed by atoms with van der Waals surface area (Å²) in [4.78, 5) is 14.8. The number of aromatic nitrogens is 5. The molecule has 7 nitrogen and oxygen atoms in total. The first-order chi connectivity index (χ1) is 14.7. The molecule has 0 N–H and O–H groups in total. The van der Waals surface area contributed by atoms with Crippen molar-refractivity contribution in [3.63, 3.8) is 0 Å². The number of hydrogen-bond acceptors (Lipinski definition) is 4. The lowest BCUT2D eigenvalue weighted by Crippen LogP contribution is -2.39. The van der Waals surface area contributed by atoms with Crippen LogP contribution in [0.3, 0.4) is 0 Å². The Bertz CT molecular complexity index is 1170. The van der Waals surface area contributed by atoms with E-state index in [4.69, 9.17) is 0 Å². The average molecular weight is 404 g/mol. The summed E-state index contributed by atoms with van der Waals surface area (Å²) < 4.78 is 16.5. The van der Waals surface area contributed by atoms with Gasteiger partial charge in [0.1, 0.15) is 5.82 Å². The van der Waals surface area contributed by atoms with E-state index in [-0.39, 0.29) is 11.7 Å². The van der Waals surface area contributed by atoms with E-state index in [1.165, 1.54) is 12.1 Å². The van der Waals surface area contributed by atoms with Crippen LogP contribution in [-0.4, -0.2) is 48.5 Å². The SMILES string of the molecule is O=C(c1ccn2nccc2c1)N1CCC(Cc2cn(-c3ccc(F)cc3)nn2)CC1. The van der Waals surface area contributed by atoms with Crippen LogP contribution in [0.4, 0.5) is 4.39 Å². The Hall–Kier alpha value is -3.55. The zero-order chi connectivity index (χ0) is 20.5. The molecule has 0 spiro atoms. The first-order valence-electron chi connectivity index (χ1n) is 10.1. The topological polar surface area (TPSA) is 68.3 Å². The molecule has 1 aromatic carbocycles. The van der Waals surface area contributed by atoms with Crippen molar-refractivity contribution in [2.75, 3.05) is 13.1 Å². The van der Waals surface area contributed by atoms with Gasteiger partial charge in [0.05, 0.1) is 23.1 Å². The van der Waals surface area contributed by atoms with E-state index in [1.807, 2.05) is 35.5 Å². The van der Waals surface area contributed by atoms with Crippen molar-refractivity contribution in [2.24, 2.45) is 5.92 Å². The van der Waals surface area contributed by atoms with Crippen molar-refractivity contribution in [1.29, 1.82) is 0 Å². The van der Waals surface area contributed by atoms with Gasteiger partial charge in [0.15, 0.2) is 0 Å². The van der Waals surface area contributed by atoms with Gasteiger partial charge in [-0.15, -0.1) is 5.10 Å². The van der Waals surface area contributed by atoms with E-state index in [2.05, 4.69) is 15.4 Å². The summed E-state index contributed by atoms with van der Waals surface area (Å²) in [6.45, 7) is 1.47. The normalized spacial score (nSPS) is 15.0. The zero-order valence-electron chi connectivity index (χ0n) is 16.4. The number of nitrogens with zero attached hydrogens (tertiary/aromatic N) is 6. The molecule has 1 fully saturated rings. The van der Waals surface area contributed by atoms with Gasteiger partial charge in [-0.2, -0.15) is 5.10 Å². The van der Waals surface area contributed by atoms with Gasteiger partial charge in [-0.3, -0.25) is 4.79 Å². The van der Waals surface area contributed by atoms with E-state index < -0.39 is 0 Å². The largest absolute Gasteiger partial charge is 0.339 e. The Labute approximate surface area is 172 Å². The number of rotatable bonds is 4. The molecule has 0 radical (unpaired) electrons. The third kappa shape index (κ3) is 3.68. The van der Waals surface area contributed by atoms with Crippen LogP contribution in [0.1, 0.15) is 28.9 Å². The van der Waals surface area contributed by atoms with Crippen molar-refractivity contribution in [3.05, 3.63) is 78.1 Å². The van der Waals surface area contributed by atoms with Crippen LogP contribution >= 0.6 is 0 Å². The van der Waals surface area contributed by atoms with Crippen LogP contribution in [0.5, 0.6) is 0 Å². The van der Waals surface area contributed by atoms with E-state index in [0.29, 0.717) is 11.5 Å². The fourth-order valence-electron chi connectivity index (χ4n) is 3.99. The highest BCUT2D eigenvalue weighted by atomic mass is 19.1. The molecule has 0 atom stereocenters. The zero-order valence-corrected chi connectivity index (χ0v) is 16.4. The number of carbonyl (C=O) groups excluding carboxylic acids is 1. The van der Waals surface area contributed by atoms with Crippen LogP contribution in [0.15, 0.2) is 61.1 Å². The average Bonchev–Trinajstić information content (AvgIpc) is 3.43. The minimum absolute atomic E-state index is 0.0689. The first kappa shape index (κ1) is 18.5. The number of pyridine rings is 1. The number of halogens is 1. The summed E-state index contributed by atoms with van der Waals surface area (Å²) in [6.07, 6.45) is 8.13. The highest BCUT2D eigenvalue weighted by Crippen LogP contribution is 2.23. The Morgan fingerprint density at radius 3 is 2.70 bits per heavy atom. The fourth-order valence-corrected chi connectivity index (χ4v) is 3.99. The number of hydrogen-bond donors (Lipinski definition) is 0. The Kier molecular flexibility index (Phi) is 4.74. The van der Waals surface area contributed by atoms with E-state index in [9.17, 15) is 9.18 Å². The molecule has 0 unspecified atom stereocenters. The molecule has 4 heterocycles. The molecule has 4 aromatic rings. The number of benzene rings is 1. The molecule has 152 valence electrons. The van der Waals surface area contributed by atoms with Crippen molar-refractivity contribution in [1.82, 2.24) is 29.5 Å². The molecule has 0 bridgehead atoms. The molecule has 1 aliphatic rings. The lowest BCUT2D eigenvalue weighted by atomic mass is 9.92. The van der Waals surface area contributed by atoms with Crippen LogP contribution in [-0.2, 0) is 6.42 Å². The van der Waals surface area contributed by atoms with Gasteiger partial charge in [0.25, 0.3) is 5.91 Å². The Balaban J connectivity index is 1.19. The second-order valence-corrected chi connectivity index (χ2v) is 7.69. The molecule has 8 heteroatoms. The number of carbonyl (C=O) groups is 1. The van der Waals surface area contributed by atoms with E-state index in [0.717, 1.165) is 49.2 Å². The molecular formula is C22H21FN6O. The minimum Gasteiger partial charge on any atom is -0.339 e. The van der Waals surface area contributed by atoms with Gasteiger partial charge < -0.3 is 4.90 Å². The van der Waals surface area contributed by atoms with Gasteiger partial charge in [-0.25, -0.2) is 13.6 Å². The quantitative estimate of drug-likeness (QED) is 0.524. The lowest BCUT2D eigenvalue weighted by Gasteiger charge is -2.31. The highest BCUT2D eigenvalue weighted by molar-refractivity contribution is 5.95. The third-order valence-corrected chi connectivity index (χ3v) is 5.68. The number of fused-ring (bicyclic) bond motifs is 1. The van der Waals surface area contributed by atoms with E-state index >= 15 is 0 Å². The molecule has 1 aliphatic heterocycles. The van der Waals surface area contributed by atoms with Crippen LogP contribution in [0.2, 0.25) is 0 Å². The summed E-state index contributed by atoms with van der Waals surface area (Å²) in [5, 5.41) is 12.6. The third-order valence-electron chi connectivity index (χ3n) is 5.68. The summed E-state index contributed by atoms with van der Waals surface area (Å²) in [5.41, 5.74) is 3.31. The standard InChI is InChI=1S/C22H21FN6O/c23-18-1-3-20(4-2-18)29-15-19(25-26-29)13-16-6-10-27(11-7-16)22(30)17-8-12-28-21(14-17)5-9-24-28/h1-5,8-9,12,14-16H,6-7,10-11,13H2. The van der Waals surface area contributed by atoms with Crippen LogP contribution < -0.4 is 0 Å². The van der Waals surface area contributed by atoms with Gasteiger partial charge in [0, 0.05) is 31.0 Å². The lowest BCUT2D eigenvalue weighted by molar-refractivity contribution is 0.0690. The molecule has 1 amide bonds. The second kappa shape index (κ2) is 7.70. The van der Waals surface area contributed by atoms with Gasteiger partial charge in [-0.1, -0.05) is 5.21 Å².